The number of ether oxygens (including phenoxy) is 1. The summed E-state index contributed by atoms with van der Waals surface area (Å²) in [4.78, 5) is 17.5. The maximum Gasteiger partial charge on any atom is 0.294 e. The normalized spacial score (nSPS) is 12.9. The molecule has 1 heterocycles. The molecule has 1 aromatic heterocycles. The highest BCUT2D eigenvalue weighted by atomic mass is 16.9. The highest BCUT2D eigenvalue weighted by molar-refractivity contribution is 5.85. The van der Waals surface area contributed by atoms with E-state index >= 15 is 0 Å². The minimum absolute atomic E-state index is 0.0739. The zero-order valence-electron chi connectivity index (χ0n) is 14.5. The Labute approximate surface area is 146 Å². The summed E-state index contributed by atoms with van der Waals surface area (Å²) in [5.74, 6) is 0.731. The van der Waals surface area contributed by atoms with Gasteiger partial charge in [0.2, 0.25) is 0 Å². The SMILES string of the molecule is CC(C)(CCCO[N+](=O)[O-])NCC(O)COc1cccc2[nH]ccc12. The Morgan fingerprint density at radius 3 is 2.96 bits per heavy atom. The molecule has 0 aliphatic rings. The van der Waals surface area contributed by atoms with Gasteiger partial charge >= 0.3 is 0 Å². The fourth-order valence-corrected chi connectivity index (χ4v) is 2.56. The summed E-state index contributed by atoms with van der Waals surface area (Å²) in [5.41, 5.74) is 0.727. The number of aromatic nitrogens is 1. The van der Waals surface area contributed by atoms with Gasteiger partial charge in [-0.2, -0.15) is 0 Å². The molecule has 3 N–H and O–H groups in total. The summed E-state index contributed by atoms with van der Waals surface area (Å²) in [6.45, 7) is 4.58. The molecule has 0 fully saturated rings. The van der Waals surface area contributed by atoms with Crippen LogP contribution >= 0.6 is 0 Å². The van der Waals surface area contributed by atoms with E-state index in [1.165, 1.54) is 0 Å². The number of nitrogens with zero attached hydrogens (tertiary/aromatic N) is 1. The highest BCUT2D eigenvalue weighted by Gasteiger charge is 2.19. The van der Waals surface area contributed by atoms with Crippen LogP contribution in [0.2, 0.25) is 0 Å². The van der Waals surface area contributed by atoms with Crippen LogP contribution in [0.4, 0.5) is 0 Å². The van der Waals surface area contributed by atoms with Crippen molar-refractivity contribution in [1.29, 1.82) is 0 Å². The first kappa shape index (κ1) is 19.0. The number of benzene rings is 1. The zero-order chi connectivity index (χ0) is 18.3. The molecule has 0 aliphatic carbocycles. The van der Waals surface area contributed by atoms with E-state index in [1.807, 2.05) is 44.3 Å². The molecule has 2 aromatic rings. The first-order valence-electron chi connectivity index (χ1n) is 8.27. The second-order valence-electron chi connectivity index (χ2n) is 6.59. The van der Waals surface area contributed by atoms with E-state index < -0.39 is 11.2 Å². The van der Waals surface area contributed by atoms with Crippen LogP contribution < -0.4 is 10.1 Å². The van der Waals surface area contributed by atoms with Crippen LogP contribution in [0.15, 0.2) is 30.5 Å². The van der Waals surface area contributed by atoms with Crippen LogP contribution in [0.1, 0.15) is 26.7 Å². The zero-order valence-corrected chi connectivity index (χ0v) is 14.5. The number of H-pyrrole nitrogens is 1. The Morgan fingerprint density at radius 1 is 1.40 bits per heavy atom. The fourth-order valence-electron chi connectivity index (χ4n) is 2.56. The number of fused-ring (bicyclic) bond motifs is 1. The maximum atomic E-state index is 10.1. The molecule has 1 atom stereocenters. The molecule has 0 saturated heterocycles. The Hall–Kier alpha value is -2.32. The quantitative estimate of drug-likeness (QED) is 0.325. The van der Waals surface area contributed by atoms with Gasteiger partial charge in [0.15, 0.2) is 0 Å². The Morgan fingerprint density at radius 2 is 2.20 bits per heavy atom. The second-order valence-corrected chi connectivity index (χ2v) is 6.59. The molecule has 0 saturated carbocycles. The molecule has 0 radical (unpaired) electrons. The van der Waals surface area contributed by atoms with Crippen LogP contribution in [0.25, 0.3) is 10.9 Å². The van der Waals surface area contributed by atoms with E-state index in [1.54, 1.807) is 0 Å². The van der Waals surface area contributed by atoms with Crippen molar-refractivity contribution in [3.63, 3.8) is 0 Å². The molecular weight excluding hydrogens is 326 g/mol. The third kappa shape index (κ3) is 6.24. The molecule has 2 rings (SSSR count). The van der Waals surface area contributed by atoms with Gasteiger partial charge in [0.25, 0.3) is 5.09 Å². The number of β-amino-alcohol motifs (C(OH)–C–C–N with tert-alkyl or cyclic N) is 1. The lowest BCUT2D eigenvalue weighted by atomic mass is 9.98. The lowest BCUT2D eigenvalue weighted by Gasteiger charge is -2.27. The largest absolute Gasteiger partial charge is 0.490 e. The first-order valence-corrected chi connectivity index (χ1v) is 8.27. The van der Waals surface area contributed by atoms with E-state index in [2.05, 4.69) is 15.1 Å². The lowest BCUT2D eigenvalue weighted by Crippen LogP contribution is -2.44. The van der Waals surface area contributed by atoms with Crippen molar-refractivity contribution in [3.8, 4) is 5.75 Å². The molecule has 1 aromatic carbocycles. The van der Waals surface area contributed by atoms with Crippen LogP contribution in [0.3, 0.4) is 0 Å². The van der Waals surface area contributed by atoms with Gasteiger partial charge in [0.05, 0.1) is 6.61 Å². The second kappa shape index (κ2) is 8.68. The van der Waals surface area contributed by atoms with Crippen LogP contribution in [0, 0.1) is 10.1 Å². The van der Waals surface area contributed by atoms with E-state index in [9.17, 15) is 15.2 Å². The number of aliphatic hydroxyl groups is 1. The van der Waals surface area contributed by atoms with Crippen molar-refractivity contribution in [2.24, 2.45) is 0 Å². The predicted molar refractivity (Wildman–Crippen MR) is 94.1 cm³/mol. The van der Waals surface area contributed by atoms with Gasteiger partial charge < -0.3 is 25.0 Å². The Kier molecular flexibility index (Phi) is 6.60. The highest BCUT2D eigenvalue weighted by Crippen LogP contribution is 2.24. The minimum Gasteiger partial charge on any atom is -0.490 e. The molecule has 0 spiro atoms. The number of hydrogen-bond acceptors (Lipinski definition) is 6. The molecule has 8 heteroatoms. The van der Waals surface area contributed by atoms with Gasteiger partial charge in [-0.3, -0.25) is 0 Å². The standard InChI is InChI=1S/C17H25N3O5/c1-17(2,8-4-10-25-20(22)23)19-11-13(21)12-24-16-6-3-5-15-14(16)7-9-18-15/h3,5-7,9,13,18-19,21H,4,8,10-12H2,1-2H3. The van der Waals surface area contributed by atoms with Crippen molar-refractivity contribution in [1.82, 2.24) is 10.3 Å². The van der Waals surface area contributed by atoms with Crippen molar-refractivity contribution in [2.75, 3.05) is 19.8 Å². The van der Waals surface area contributed by atoms with E-state index in [0.717, 1.165) is 16.7 Å². The topological polar surface area (TPSA) is 110 Å². The molecule has 0 amide bonds. The van der Waals surface area contributed by atoms with Gasteiger partial charge in [0.1, 0.15) is 18.5 Å². The number of nitrogens with one attached hydrogen (secondary N) is 2. The van der Waals surface area contributed by atoms with Crippen molar-refractivity contribution >= 4 is 10.9 Å². The number of aliphatic hydroxyl groups excluding tert-OH is 1. The molecule has 25 heavy (non-hydrogen) atoms. The average Bonchev–Trinajstić information content (AvgIpc) is 3.04. The number of aromatic amines is 1. The average molecular weight is 351 g/mol. The number of hydrogen-bond donors (Lipinski definition) is 3. The van der Waals surface area contributed by atoms with Crippen molar-refractivity contribution < 1.29 is 19.8 Å². The summed E-state index contributed by atoms with van der Waals surface area (Å²) in [5, 5.41) is 23.7. The monoisotopic (exact) mass is 351 g/mol. The van der Waals surface area contributed by atoms with Crippen LogP contribution in [0.5, 0.6) is 5.75 Å². The summed E-state index contributed by atoms with van der Waals surface area (Å²) >= 11 is 0. The molecule has 0 aliphatic heterocycles. The third-order valence-corrected chi connectivity index (χ3v) is 3.95. The summed E-state index contributed by atoms with van der Waals surface area (Å²) in [7, 11) is 0. The lowest BCUT2D eigenvalue weighted by molar-refractivity contribution is -0.757. The summed E-state index contributed by atoms with van der Waals surface area (Å²) in [6.07, 6.45) is 2.43. The van der Waals surface area contributed by atoms with E-state index in [4.69, 9.17) is 4.74 Å². The van der Waals surface area contributed by atoms with Crippen molar-refractivity contribution in [3.05, 3.63) is 40.6 Å². The van der Waals surface area contributed by atoms with Gasteiger partial charge in [-0.15, -0.1) is 10.1 Å². The molecule has 0 bridgehead atoms. The first-order chi connectivity index (χ1) is 11.9. The van der Waals surface area contributed by atoms with Gasteiger partial charge in [-0.1, -0.05) is 6.07 Å². The van der Waals surface area contributed by atoms with Crippen LogP contribution in [-0.4, -0.2) is 46.6 Å². The molecule has 138 valence electrons. The summed E-state index contributed by atoms with van der Waals surface area (Å²) < 4.78 is 5.72. The smallest absolute Gasteiger partial charge is 0.294 e. The molecule has 8 nitrogen and oxygen atoms in total. The maximum absolute atomic E-state index is 10.1. The van der Waals surface area contributed by atoms with Crippen LogP contribution in [-0.2, 0) is 4.84 Å². The van der Waals surface area contributed by atoms with Gasteiger partial charge in [-0.05, 0) is 44.9 Å². The molecule has 1 unspecified atom stereocenters. The van der Waals surface area contributed by atoms with E-state index in [0.29, 0.717) is 19.4 Å². The fraction of sp³-hybridized carbons (Fsp3) is 0.529. The third-order valence-electron chi connectivity index (χ3n) is 3.95. The van der Waals surface area contributed by atoms with Gasteiger partial charge in [0, 0.05) is 29.2 Å². The van der Waals surface area contributed by atoms with Gasteiger partial charge in [-0.25, -0.2) is 0 Å². The summed E-state index contributed by atoms with van der Waals surface area (Å²) in [6, 6.07) is 7.67. The predicted octanol–water partition coefficient (Wildman–Crippen LogP) is 2.26. The van der Waals surface area contributed by atoms with E-state index in [-0.39, 0.29) is 18.8 Å². The van der Waals surface area contributed by atoms with Crippen molar-refractivity contribution in [2.45, 2.75) is 38.3 Å². The Balaban J connectivity index is 1.71. The minimum atomic E-state index is -0.785. The Bertz CT molecular complexity index is 686. The number of rotatable bonds is 11. The molecular formula is C17H25N3O5.